The topological polar surface area (TPSA) is 118 Å². The fraction of sp³-hybridized carbons (Fsp3) is 0. The third kappa shape index (κ3) is 5.64. The van der Waals surface area contributed by atoms with Crippen LogP contribution in [-0.2, 0) is 10.0 Å². The molecular formula is C24H18ClN3O5S. The maximum Gasteiger partial charge on any atom is 0.261 e. The quantitative estimate of drug-likeness (QED) is 0.300. The number of carbonyl (C=O) groups excluding carboxylic acids is 1. The first-order chi connectivity index (χ1) is 16.3. The number of hydrogen-bond acceptors (Lipinski definition) is 6. The number of sulfonamides is 1. The number of halogens is 1. The fourth-order valence-corrected chi connectivity index (χ4v) is 4.23. The molecule has 0 aliphatic rings. The molecule has 172 valence electrons. The molecule has 3 N–H and O–H groups in total. The molecule has 0 saturated heterocycles. The maximum atomic E-state index is 12.8. The van der Waals surface area contributed by atoms with Gasteiger partial charge in [0.2, 0.25) is 0 Å². The maximum absolute atomic E-state index is 12.8. The number of rotatable bonds is 7. The van der Waals surface area contributed by atoms with Crippen LogP contribution in [0.4, 0.5) is 11.4 Å². The lowest BCUT2D eigenvalue weighted by molar-refractivity contribution is 0.102. The zero-order valence-electron chi connectivity index (χ0n) is 17.5. The highest BCUT2D eigenvalue weighted by Gasteiger charge is 2.18. The summed E-state index contributed by atoms with van der Waals surface area (Å²) in [5.74, 6) is 0.230. The van der Waals surface area contributed by atoms with Crippen molar-refractivity contribution in [1.82, 2.24) is 4.98 Å². The summed E-state index contributed by atoms with van der Waals surface area (Å²) < 4.78 is 33.6. The monoisotopic (exact) mass is 495 g/mol. The molecule has 10 heteroatoms. The van der Waals surface area contributed by atoms with Gasteiger partial charge in [0.25, 0.3) is 15.9 Å². The van der Waals surface area contributed by atoms with E-state index in [1.807, 2.05) is 0 Å². The van der Waals surface area contributed by atoms with Crippen molar-refractivity contribution in [3.63, 3.8) is 0 Å². The normalized spacial score (nSPS) is 11.0. The Balaban J connectivity index is 1.49. The summed E-state index contributed by atoms with van der Waals surface area (Å²) in [6, 6.07) is 19.6. The van der Waals surface area contributed by atoms with Crippen molar-refractivity contribution in [3.05, 3.63) is 102 Å². The first-order valence-electron chi connectivity index (χ1n) is 9.91. The lowest BCUT2D eigenvalue weighted by atomic mass is 10.2. The SMILES string of the molecule is O=C(Nc1cc(S(=O)(=O)Nc2cccc(Cl)c2)ccc1O)c1ccc(Oc2cccnc2)cc1. The zero-order chi connectivity index (χ0) is 24.1. The van der Waals surface area contributed by atoms with Crippen molar-refractivity contribution in [2.75, 3.05) is 10.0 Å². The predicted octanol–water partition coefficient (Wildman–Crippen LogP) is 5.29. The minimum Gasteiger partial charge on any atom is -0.506 e. The molecule has 0 aliphatic carbocycles. The average molecular weight is 496 g/mol. The molecule has 8 nitrogen and oxygen atoms in total. The van der Waals surface area contributed by atoms with E-state index in [1.165, 1.54) is 24.3 Å². The molecule has 1 heterocycles. The van der Waals surface area contributed by atoms with E-state index in [2.05, 4.69) is 15.0 Å². The number of phenolic OH excluding ortho intramolecular Hbond substituents is 1. The number of anilines is 2. The van der Waals surface area contributed by atoms with Crippen molar-refractivity contribution in [2.45, 2.75) is 4.90 Å². The van der Waals surface area contributed by atoms with E-state index in [4.69, 9.17) is 16.3 Å². The second-order valence-corrected chi connectivity index (χ2v) is 9.18. The minimum atomic E-state index is -4.00. The Morgan fingerprint density at radius 3 is 2.44 bits per heavy atom. The highest BCUT2D eigenvalue weighted by Crippen LogP contribution is 2.29. The number of phenols is 1. The van der Waals surface area contributed by atoms with Gasteiger partial charge < -0.3 is 15.2 Å². The Labute approximate surface area is 200 Å². The van der Waals surface area contributed by atoms with Crippen LogP contribution in [0.1, 0.15) is 10.4 Å². The van der Waals surface area contributed by atoms with E-state index in [0.29, 0.717) is 16.5 Å². The van der Waals surface area contributed by atoms with Gasteiger partial charge in [-0.3, -0.25) is 14.5 Å². The van der Waals surface area contributed by atoms with Gasteiger partial charge in [-0.15, -0.1) is 0 Å². The number of aromatic hydroxyl groups is 1. The molecule has 1 aromatic heterocycles. The molecule has 0 bridgehead atoms. The van der Waals surface area contributed by atoms with Crippen LogP contribution in [0.15, 0.2) is 96.2 Å². The molecule has 0 aliphatic heterocycles. The van der Waals surface area contributed by atoms with Gasteiger partial charge in [0.15, 0.2) is 0 Å². The molecule has 3 aromatic carbocycles. The summed E-state index contributed by atoms with van der Waals surface area (Å²) >= 11 is 5.91. The number of pyridine rings is 1. The van der Waals surface area contributed by atoms with Gasteiger partial charge in [0.1, 0.15) is 17.2 Å². The third-order valence-corrected chi connectivity index (χ3v) is 6.20. The van der Waals surface area contributed by atoms with Gasteiger partial charge in [-0.2, -0.15) is 0 Å². The first kappa shape index (κ1) is 23.1. The van der Waals surface area contributed by atoms with E-state index in [0.717, 1.165) is 0 Å². The van der Waals surface area contributed by atoms with Crippen LogP contribution in [0.3, 0.4) is 0 Å². The Morgan fingerprint density at radius 2 is 1.74 bits per heavy atom. The van der Waals surface area contributed by atoms with Crippen LogP contribution in [0.25, 0.3) is 0 Å². The highest BCUT2D eigenvalue weighted by molar-refractivity contribution is 7.92. The predicted molar refractivity (Wildman–Crippen MR) is 129 cm³/mol. The molecule has 0 atom stereocenters. The molecule has 4 aromatic rings. The number of ether oxygens (including phenoxy) is 1. The first-order valence-corrected chi connectivity index (χ1v) is 11.8. The number of benzene rings is 3. The average Bonchev–Trinajstić information content (AvgIpc) is 2.81. The second-order valence-electron chi connectivity index (χ2n) is 7.06. The summed E-state index contributed by atoms with van der Waals surface area (Å²) in [6.45, 7) is 0. The summed E-state index contributed by atoms with van der Waals surface area (Å²) in [7, 11) is -4.00. The Bertz CT molecular complexity index is 1430. The zero-order valence-corrected chi connectivity index (χ0v) is 19.0. The number of aromatic nitrogens is 1. The van der Waals surface area contributed by atoms with Crippen LogP contribution >= 0.6 is 11.6 Å². The number of nitrogens with zero attached hydrogens (tertiary/aromatic N) is 1. The van der Waals surface area contributed by atoms with Crippen LogP contribution in [0, 0.1) is 0 Å². The van der Waals surface area contributed by atoms with Gasteiger partial charge >= 0.3 is 0 Å². The van der Waals surface area contributed by atoms with Gasteiger partial charge in [-0.1, -0.05) is 17.7 Å². The summed E-state index contributed by atoms with van der Waals surface area (Å²) in [4.78, 5) is 16.5. The molecule has 0 unspecified atom stereocenters. The molecular weight excluding hydrogens is 478 g/mol. The van der Waals surface area contributed by atoms with Crippen LogP contribution in [-0.4, -0.2) is 24.4 Å². The minimum absolute atomic E-state index is 0.0605. The van der Waals surface area contributed by atoms with E-state index in [1.54, 1.807) is 67.0 Å². The fourth-order valence-electron chi connectivity index (χ4n) is 2.96. The van der Waals surface area contributed by atoms with Crippen LogP contribution < -0.4 is 14.8 Å². The van der Waals surface area contributed by atoms with Crippen molar-refractivity contribution in [3.8, 4) is 17.2 Å². The van der Waals surface area contributed by atoms with Crippen molar-refractivity contribution in [2.24, 2.45) is 0 Å². The molecule has 1 amide bonds. The Morgan fingerprint density at radius 1 is 0.941 bits per heavy atom. The third-order valence-electron chi connectivity index (χ3n) is 4.59. The molecule has 4 rings (SSSR count). The van der Waals surface area contributed by atoms with E-state index >= 15 is 0 Å². The standard InChI is InChI=1S/C24H18ClN3O5S/c25-17-3-1-4-18(13-17)28-34(31,32)21-10-11-23(29)22(14-21)27-24(30)16-6-8-19(9-7-16)33-20-5-2-12-26-15-20/h1-15,28-29H,(H,27,30). The Kier molecular flexibility index (Phi) is 6.67. The van der Waals surface area contributed by atoms with Gasteiger partial charge in [-0.05, 0) is 72.8 Å². The number of hydrogen-bond donors (Lipinski definition) is 3. The summed E-state index contributed by atoms with van der Waals surface area (Å²) in [5, 5.41) is 13.1. The number of carbonyl (C=O) groups is 1. The van der Waals surface area contributed by atoms with E-state index < -0.39 is 15.9 Å². The van der Waals surface area contributed by atoms with Crippen LogP contribution in [0.2, 0.25) is 5.02 Å². The van der Waals surface area contributed by atoms with E-state index in [-0.39, 0.29) is 27.6 Å². The molecule has 0 saturated carbocycles. The van der Waals surface area contributed by atoms with Gasteiger partial charge in [0, 0.05) is 16.8 Å². The second kappa shape index (κ2) is 9.82. The smallest absolute Gasteiger partial charge is 0.261 e. The van der Waals surface area contributed by atoms with Gasteiger partial charge in [-0.25, -0.2) is 8.42 Å². The number of nitrogens with one attached hydrogen (secondary N) is 2. The largest absolute Gasteiger partial charge is 0.506 e. The van der Waals surface area contributed by atoms with Gasteiger partial charge in [0.05, 0.1) is 22.5 Å². The van der Waals surface area contributed by atoms with Crippen molar-refractivity contribution < 1.29 is 23.1 Å². The molecule has 0 fully saturated rings. The Hall–Kier alpha value is -4.08. The van der Waals surface area contributed by atoms with Crippen molar-refractivity contribution in [1.29, 1.82) is 0 Å². The summed E-state index contributed by atoms with van der Waals surface area (Å²) in [6.07, 6.45) is 3.19. The molecule has 0 spiro atoms. The molecule has 0 radical (unpaired) electrons. The lowest BCUT2D eigenvalue weighted by Gasteiger charge is -2.12. The summed E-state index contributed by atoms with van der Waals surface area (Å²) in [5.41, 5.74) is 0.498. The lowest BCUT2D eigenvalue weighted by Crippen LogP contribution is -2.15. The highest BCUT2D eigenvalue weighted by atomic mass is 35.5. The van der Waals surface area contributed by atoms with Crippen molar-refractivity contribution >= 4 is 38.9 Å². The number of amides is 1. The van der Waals surface area contributed by atoms with Crippen LogP contribution in [0.5, 0.6) is 17.2 Å². The van der Waals surface area contributed by atoms with E-state index in [9.17, 15) is 18.3 Å². The molecule has 34 heavy (non-hydrogen) atoms.